The number of benzene rings is 2. The molecule has 1 saturated heterocycles. The maximum Gasteiger partial charge on any atom is 0.249 e. The molecule has 2 heterocycles. The first-order valence-electron chi connectivity index (χ1n) is 11.6. The maximum absolute atomic E-state index is 13.6. The van der Waals surface area contributed by atoms with Gasteiger partial charge in [-0.25, -0.2) is 0 Å². The van der Waals surface area contributed by atoms with Crippen molar-refractivity contribution in [3.63, 3.8) is 0 Å². The van der Waals surface area contributed by atoms with Gasteiger partial charge in [-0.3, -0.25) is 14.5 Å². The minimum Gasteiger partial charge on any atom is -0.324 e. The number of Topliss-reactive ketones (excluding diaryl/α,β-unsaturated/α-hetero) is 1. The van der Waals surface area contributed by atoms with E-state index in [1.54, 1.807) is 0 Å². The van der Waals surface area contributed by atoms with Crippen LogP contribution < -0.4 is 5.32 Å². The molecule has 0 spiro atoms. The lowest BCUT2D eigenvalue weighted by atomic mass is 9.77. The quantitative estimate of drug-likeness (QED) is 0.575. The molecule has 5 rings (SSSR count). The SMILES string of the molecule is O=C(CC1CCC1)C1CCCN(C2(Cc3cccc(Cl)c3)C(=O)Nc3cc(Cl)ccc32)C1. The number of hydrogen-bond donors (Lipinski definition) is 1. The fourth-order valence-corrected chi connectivity index (χ4v) is 5.99. The summed E-state index contributed by atoms with van der Waals surface area (Å²) >= 11 is 12.5. The van der Waals surface area contributed by atoms with Crippen LogP contribution in [0.2, 0.25) is 10.0 Å². The summed E-state index contributed by atoms with van der Waals surface area (Å²) in [5.41, 5.74) is 1.81. The van der Waals surface area contributed by atoms with Gasteiger partial charge in [-0.2, -0.15) is 0 Å². The van der Waals surface area contributed by atoms with Crippen molar-refractivity contribution in [3.05, 3.63) is 63.6 Å². The molecule has 32 heavy (non-hydrogen) atoms. The third-order valence-electron chi connectivity index (χ3n) is 7.53. The van der Waals surface area contributed by atoms with Crippen LogP contribution in [0.4, 0.5) is 5.69 Å². The van der Waals surface area contributed by atoms with Crippen molar-refractivity contribution < 1.29 is 9.59 Å². The highest BCUT2D eigenvalue weighted by Gasteiger charge is 2.52. The molecule has 3 aliphatic rings. The van der Waals surface area contributed by atoms with Crippen LogP contribution in [0, 0.1) is 11.8 Å². The highest BCUT2D eigenvalue weighted by atomic mass is 35.5. The summed E-state index contributed by atoms with van der Waals surface area (Å²) in [7, 11) is 0. The second kappa shape index (κ2) is 8.81. The lowest BCUT2D eigenvalue weighted by Gasteiger charge is -2.44. The van der Waals surface area contributed by atoms with Crippen molar-refractivity contribution >= 4 is 40.6 Å². The van der Waals surface area contributed by atoms with E-state index in [-0.39, 0.29) is 11.8 Å². The second-order valence-corrected chi connectivity index (χ2v) is 10.4. The summed E-state index contributed by atoms with van der Waals surface area (Å²) in [6.45, 7) is 1.39. The van der Waals surface area contributed by atoms with Gasteiger partial charge < -0.3 is 5.32 Å². The molecule has 1 amide bonds. The van der Waals surface area contributed by atoms with E-state index in [1.165, 1.54) is 19.3 Å². The number of likely N-dealkylation sites (tertiary alicyclic amines) is 1. The Labute approximate surface area is 199 Å². The van der Waals surface area contributed by atoms with Crippen molar-refractivity contribution in [2.45, 2.75) is 50.5 Å². The number of hydrogen-bond acceptors (Lipinski definition) is 3. The smallest absolute Gasteiger partial charge is 0.249 e. The van der Waals surface area contributed by atoms with E-state index in [1.807, 2.05) is 42.5 Å². The number of carbonyl (C=O) groups is 2. The average molecular weight is 471 g/mol. The Morgan fingerprint density at radius 1 is 1.06 bits per heavy atom. The van der Waals surface area contributed by atoms with Gasteiger partial charge in [0.2, 0.25) is 5.91 Å². The minimum absolute atomic E-state index is 0.00950. The van der Waals surface area contributed by atoms with Crippen LogP contribution in [0.5, 0.6) is 0 Å². The number of nitrogens with one attached hydrogen (secondary N) is 1. The number of amides is 1. The van der Waals surface area contributed by atoms with Crippen LogP contribution >= 0.6 is 23.2 Å². The molecule has 0 aromatic heterocycles. The Hall–Kier alpha value is -1.88. The summed E-state index contributed by atoms with van der Waals surface area (Å²) in [5, 5.41) is 4.32. The van der Waals surface area contributed by atoms with Crippen molar-refractivity contribution in [2.75, 3.05) is 18.4 Å². The molecule has 4 nitrogen and oxygen atoms in total. The molecule has 2 atom stereocenters. The third kappa shape index (κ3) is 3.98. The van der Waals surface area contributed by atoms with E-state index in [9.17, 15) is 9.59 Å². The van der Waals surface area contributed by atoms with Crippen LogP contribution in [0.1, 0.15) is 49.7 Å². The zero-order chi connectivity index (χ0) is 22.3. The molecule has 2 aromatic rings. The molecule has 2 unspecified atom stereocenters. The highest BCUT2D eigenvalue weighted by molar-refractivity contribution is 6.31. The van der Waals surface area contributed by atoms with E-state index < -0.39 is 5.54 Å². The summed E-state index contributed by atoms with van der Waals surface area (Å²) < 4.78 is 0. The first-order valence-corrected chi connectivity index (χ1v) is 12.3. The van der Waals surface area contributed by atoms with Gasteiger partial charge in [0.05, 0.1) is 0 Å². The minimum atomic E-state index is -0.875. The van der Waals surface area contributed by atoms with E-state index in [2.05, 4.69) is 10.2 Å². The van der Waals surface area contributed by atoms with Gasteiger partial charge in [0, 0.05) is 46.6 Å². The van der Waals surface area contributed by atoms with E-state index >= 15 is 0 Å². The van der Waals surface area contributed by atoms with E-state index in [0.717, 1.165) is 36.2 Å². The standard InChI is InChI=1S/C26H28Cl2N2O2/c27-20-8-2-6-18(12-20)15-26(22-10-9-21(28)14-23(22)29-25(26)32)30-11-3-7-19(16-30)24(31)13-17-4-1-5-17/h2,6,8-10,12,14,17,19H,1,3-5,7,11,13,15-16H2,(H,29,32). The fraction of sp³-hybridized carbons (Fsp3) is 0.462. The number of anilines is 1. The number of nitrogens with zero attached hydrogens (tertiary/aromatic N) is 1. The summed E-state index contributed by atoms with van der Waals surface area (Å²) in [5.74, 6) is 0.870. The normalized spacial score (nSPS) is 25.8. The molecular formula is C26H28Cl2N2O2. The molecule has 0 bridgehead atoms. The number of fused-ring (bicyclic) bond motifs is 1. The van der Waals surface area contributed by atoms with Gasteiger partial charge >= 0.3 is 0 Å². The Balaban J connectivity index is 1.50. The van der Waals surface area contributed by atoms with Crippen LogP contribution in [0.15, 0.2) is 42.5 Å². The maximum atomic E-state index is 13.6. The number of carbonyl (C=O) groups excluding carboxylic acids is 2. The van der Waals surface area contributed by atoms with Crippen molar-refractivity contribution in [3.8, 4) is 0 Å². The number of halogens is 2. The number of rotatable bonds is 6. The molecule has 0 radical (unpaired) electrons. The predicted molar refractivity (Wildman–Crippen MR) is 128 cm³/mol. The number of ketones is 1. The molecule has 2 aromatic carbocycles. The predicted octanol–water partition coefficient (Wildman–Crippen LogP) is 5.85. The van der Waals surface area contributed by atoms with Crippen LogP contribution in [-0.4, -0.2) is 29.7 Å². The third-order valence-corrected chi connectivity index (χ3v) is 8.00. The Bertz CT molecular complexity index is 1050. The second-order valence-electron chi connectivity index (χ2n) is 9.56. The number of piperidine rings is 1. The zero-order valence-corrected chi connectivity index (χ0v) is 19.6. The summed E-state index contributed by atoms with van der Waals surface area (Å²) in [6, 6.07) is 13.3. The molecule has 2 aliphatic heterocycles. The van der Waals surface area contributed by atoms with Crippen LogP contribution in [-0.2, 0) is 21.5 Å². The first-order chi connectivity index (χ1) is 15.5. The topological polar surface area (TPSA) is 49.4 Å². The van der Waals surface area contributed by atoms with Gasteiger partial charge in [-0.05, 0) is 55.1 Å². The monoisotopic (exact) mass is 470 g/mol. The average Bonchev–Trinajstić information content (AvgIpc) is 3.02. The fourth-order valence-electron chi connectivity index (χ4n) is 5.61. The zero-order valence-electron chi connectivity index (χ0n) is 18.1. The van der Waals surface area contributed by atoms with Crippen molar-refractivity contribution in [1.29, 1.82) is 0 Å². The molecule has 1 N–H and O–H groups in total. The molecule has 1 saturated carbocycles. The first kappa shape index (κ1) is 21.9. The van der Waals surface area contributed by atoms with Gasteiger partial charge in [0.1, 0.15) is 11.3 Å². The Morgan fingerprint density at radius 3 is 2.62 bits per heavy atom. The summed E-state index contributed by atoms with van der Waals surface area (Å²) in [6.07, 6.45) is 6.61. The van der Waals surface area contributed by atoms with Crippen molar-refractivity contribution in [2.24, 2.45) is 11.8 Å². The van der Waals surface area contributed by atoms with Crippen molar-refractivity contribution in [1.82, 2.24) is 4.90 Å². The Morgan fingerprint density at radius 2 is 1.88 bits per heavy atom. The lowest BCUT2D eigenvalue weighted by Crippen LogP contribution is -2.56. The molecule has 168 valence electrons. The van der Waals surface area contributed by atoms with Gasteiger partial charge in [-0.15, -0.1) is 0 Å². The molecular weight excluding hydrogens is 443 g/mol. The highest BCUT2D eigenvalue weighted by Crippen LogP contribution is 2.46. The van der Waals surface area contributed by atoms with Crippen LogP contribution in [0.25, 0.3) is 0 Å². The Kier molecular flexibility index (Phi) is 6.04. The molecule has 6 heteroatoms. The molecule has 2 fully saturated rings. The largest absolute Gasteiger partial charge is 0.324 e. The van der Waals surface area contributed by atoms with Gasteiger partial charge in [0.15, 0.2) is 0 Å². The lowest BCUT2D eigenvalue weighted by molar-refractivity contribution is -0.134. The van der Waals surface area contributed by atoms with E-state index in [4.69, 9.17) is 23.2 Å². The van der Waals surface area contributed by atoms with Gasteiger partial charge in [0.25, 0.3) is 0 Å². The van der Waals surface area contributed by atoms with Gasteiger partial charge in [-0.1, -0.05) is 60.7 Å². The molecule has 1 aliphatic carbocycles. The van der Waals surface area contributed by atoms with Crippen LogP contribution in [0.3, 0.4) is 0 Å². The summed E-state index contributed by atoms with van der Waals surface area (Å²) in [4.78, 5) is 29.0. The van der Waals surface area contributed by atoms with E-state index in [0.29, 0.717) is 41.1 Å².